The number of nitrogens with zero attached hydrogens (tertiary/aromatic N) is 1. The first-order valence-corrected chi connectivity index (χ1v) is 8.97. The average Bonchev–Trinajstić information content (AvgIpc) is 2.46. The molecule has 0 spiro atoms. The van der Waals surface area contributed by atoms with Crippen molar-refractivity contribution in [2.75, 3.05) is 27.2 Å². The van der Waals surface area contributed by atoms with Gasteiger partial charge in [-0.2, -0.15) is 0 Å². The van der Waals surface area contributed by atoms with E-state index in [2.05, 4.69) is 54.3 Å². The Morgan fingerprint density at radius 3 is 2.45 bits per heavy atom. The maximum Gasteiger partial charge on any atom is 0.185 e. The van der Waals surface area contributed by atoms with Crippen LogP contribution in [0.2, 0.25) is 0 Å². The van der Waals surface area contributed by atoms with Crippen LogP contribution >= 0.6 is 24.4 Å². The van der Waals surface area contributed by atoms with E-state index < -0.39 is 0 Å². The van der Waals surface area contributed by atoms with Crippen molar-refractivity contribution in [2.24, 2.45) is 11.8 Å². The van der Waals surface area contributed by atoms with Gasteiger partial charge >= 0.3 is 0 Å². The van der Waals surface area contributed by atoms with Crippen LogP contribution in [0.15, 0.2) is 0 Å². The molecular weight excluding hydrogens is 314 g/mol. The number of hydrazine groups is 1. The number of nitrogens with one attached hydrogen (secondary N) is 4. The van der Waals surface area contributed by atoms with Gasteiger partial charge in [0.2, 0.25) is 0 Å². The highest BCUT2D eigenvalue weighted by Crippen LogP contribution is 2.29. The molecule has 3 atom stereocenters. The van der Waals surface area contributed by atoms with Crippen molar-refractivity contribution in [1.29, 1.82) is 0 Å². The number of rotatable bonds is 5. The molecule has 0 amide bonds. The van der Waals surface area contributed by atoms with E-state index in [1.165, 1.54) is 19.3 Å². The highest BCUT2D eigenvalue weighted by molar-refractivity contribution is 7.80. The Kier molecular flexibility index (Phi) is 8.97. The summed E-state index contributed by atoms with van der Waals surface area (Å²) in [6.07, 6.45) is 4.82. The topological polar surface area (TPSA) is 51.4 Å². The summed E-state index contributed by atoms with van der Waals surface area (Å²) >= 11 is 10.5. The summed E-state index contributed by atoms with van der Waals surface area (Å²) in [4.78, 5) is 2.15. The highest BCUT2D eigenvalue weighted by Gasteiger charge is 2.27. The van der Waals surface area contributed by atoms with Crippen molar-refractivity contribution < 1.29 is 0 Å². The SMILES string of the molecule is C[C@@H]1[C@@H](C)CCC[C@H]1NC(=S)NNC(=S)NCCCN(C)C. The maximum atomic E-state index is 5.34. The summed E-state index contributed by atoms with van der Waals surface area (Å²) in [7, 11) is 4.13. The van der Waals surface area contributed by atoms with Gasteiger partial charge in [0.1, 0.15) is 0 Å². The lowest BCUT2D eigenvalue weighted by molar-refractivity contribution is 0.224. The maximum absolute atomic E-state index is 5.34. The van der Waals surface area contributed by atoms with Gasteiger partial charge in [-0.05, 0) is 69.8 Å². The average molecular weight is 346 g/mol. The summed E-state index contributed by atoms with van der Waals surface area (Å²) in [5.41, 5.74) is 5.91. The second-order valence-electron chi connectivity index (χ2n) is 6.51. The predicted molar refractivity (Wildman–Crippen MR) is 102 cm³/mol. The van der Waals surface area contributed by atoms with E-state index in [1.54, 1.807) is 0 Å². The van der Waals surface area contributed by atoms with Gasteiger partial charge in [-0.3, -0.25) is 10.9 Å². The van der Waals surface area contributed by atoms with Crippen LogP contribution in [0.3, 0.4) is 0 Å². The standard InChI is InChI=1S/C15H31N5S2/c1-11-7-5-8-13(12(11)2)17-15(22)19-18-14(21)16-9-6-10-20(3)4/h11-13H,5-10H2,1-4H3,(H2,16,18,21)(H2,17,19,22)/t11-,12+,13+/m0/s1. The molecule has 7 heteroatoms. The van der Waals surface area contributed by atoms with Gasteiger partial charge in [-0.25, -0.2) is 0 Å². The van der Waals surface area contributed by atoms with Gasteiger partial charge in [0, 0.05) is 12.6 Å². The summed E-state index contributed by atoms with van der Waals surface area (Å²) in [5, 5.41) is 7.75. The van der Waals surface area contributed by atoms with Crippen molar-refractivity contribution in [3.05, 3.63) is 0 Å². The van der Waals surface area contributed by atoms with E-state index in [-0.39, 0.29) is 0 Å². The van der Waals surface area contributed by atoms with E-state index >= 15 is 0 Å². The fourth-order valence-electron chi connectivity index (χ4n) is 2.75. The molecule has 1 aliphatic carbocycles. The third-order valence-corrected chi connectivity index (χ3v) is 4.85. The van der Waals surface area contributed by atoms with Gasteiger partial charge in [0.15, 0.2) is 10.2 Å². The van der Waals surface area contributed by atoms with Crippen LogP contribution in [-0.4, -0.2) is 48.4 Å². The minimum Gasteiger partial charge on any atom is -0.361 e. The van der Waals surface area contributed by atoms with Crippen LogP contribution < -0.4 is 21.5 Å². The van der Waals surface area contributed by atoms with E-state index in [0.29, 0.717) is 22.2 Å². The normalized spacial score (nSPS) is 24.7. The van der Waals surface area contributed by atoms with Crippen molar-refractivity contribution in [3.63, 3.8) is 0 Å². The van der Waals surface area contributed by atoms with Crippen LogP contribution in [0.1, 0.15) is 39.5 Å². The monoisotopic (exact) mass is 345 g/mol. The second kappa shape index (κ2) is 10.2. The van der Waals surface area contributed by atoms with Gasteiger partial charge in [-0.1, -0.05) is 26.7 Å². The molecule has 0 unspecified atom stereocenters. The minimum atomic E-state index is 0.451. The first-order chi connectivity index (χ1) is 10.4. The molecule has 22 heavy (non-hydrogen) atoms. The highest BCUT2D eigenvalue weighted by atomic mass is 32.1. The Labute approximate surface area is 145 Å². The smallest absolute Gasteiger partial charge is 0.185 e. The Morgan fingerprint density at radius 2 is 1.77 bits per heavy atom. The molecule has 1 rings (SSSR count). The molecule has 0 aromatic carbocycles. The molecular formula is C15H31N5S2. The molecule has 0 radical (unpaired) electrons. The molecule has 1 fully saturated rings. The quantitative estimate of drug-likeness (QED) is 0.343. The van der Waals surface area contributed by atoms with E-state index in [4.69, 9.17) is 24.4 Å². The largest absolute Gasteiger partial charge is 0.361 e. The molecule has 4 N–H and O–H groups in total. The zero-order valence-corrected chi connectivity index (χ0v) is 15.9. The second-order valence-corrected chi connectivity index (χ2v) is 7.33. The molecule has 0 saturated heterocycles. The first kappa shape index (κ1) is 19.4. The fourth-order valence-corrected chi connectivity index (χ4v) is 3.10. The Morgan fingerprint density at radius 1 is 1.09 bits per heavy atom. The fraction of sp³-hybridized carbons (Fsp3) is 0.867. The third-order valence-electron chi connectivity index (χ3n) is 4.38. The first-order valence-electron chi connectivity index (χ1n) is 8.15. The van der Waals surface area contributed by atoms with Crippen LogP contribution in [0.4, 0.5) is 0 Å². The minimum absolute atomic E-state index is 0.451. The molecule has 1 saturated carbocycles. The Hall–Kier alpha value is -0.660. The molecule has 0 aliphatic heterocycles. The summed E-state index contributed by atoms with van der Waals surface area (Å²) < 4.78 is 0. The van der Waals surface area contributed by atoms with Crippen molar-refractivity contribution >= 4 is 34.7 Å². The summed E-state index contributed by atoms with van der Waals surface area (Å²) in [5.74, 6) is 1.39. The van der Waals surface area contributed by atoms with Crippen LogP contribution in [0, 0.1) is 11.8 Å². The molecule has 0 aromatic rings. The third kappa shape index (κ3) is 7.56. The zero-order valence-electron chi connectivity index (χ0n) is 14.2. The van der Waals surface area contributed by atoms with Gasteiger partial charge in [0.05, 0.1) is 0 Å². The molecule has 128 valence electrons. The summed E-state index contributed by atoms with van der Waals surface area (Å²) in [6.45, 7) is 6.51. The van der Waals surface area contributed by atoms with E-state index in [0.717, 1.165) is 25.4 Å². The van der Waals surface area contributed by atoms with E-state index in [9.17, 15) is 0 Å². The molecule has 5 nitrogen and oxygen atoms in total. The van der Waals surface area contributed by atoms with Gasteiger partial charge < -0.3 is 15.5 Å². The van der Waals surface area contributed by atoms with Crippen LogP contribution in [-0.2, 0) is 0 Å². The number of hydrogen-bond donors (Lipinski definition) is 4. The lowest BCUT2D eigenvalue weighted by Gasteiger charge is -2.35. The van der Waals surface area contributed by atoms with Crippen molar-refractivity contribution in [1.82, 2.24) is 26.4 Å². The van der Waals surface area contributed by atoms with Gasteiger partial charge in [0.25, 0.3) is 0 Å². The lowest BCUT2D eigenvalue weighted by atomic mass is 9.78. The van der Waals surface area contributed by atoms with Crippen LogP contribution in [0.25, 0.3) is 0 Å². The molecule has 0 bridgehead atoms. The summed E-state index contributed by atoms with van der Waals surface area (Å²) in [6, 6.07) is 0.451. The Bertz CT molecular complexity index is 362. The number of thiocarbonyl (C=S) groups is 2. The molecule has 0 aromatic heterocycles. The molecule has 0 heterocycles. The lowest BCUT2D eigenvalue weighted by Crippen LogP contribution is -2.54. The van der Waals surface area contributed by atoms with Crippen LogP contribution in [0.5, 0.6) is 0 Å². The number of hydrogen-bond acceptors (Lipinski definition) is 3. The van der Waals surface area contributed by atoms with Gasteiger partial charge in [-0.15, -0.1) is 0 Å². The zero-order chi connectivity index (χ0) is 16.5. The Balaban J connectivity index is 2.15. The van der Waals surface area contributed by atoms with Crippen molar-refractivity contribution in [3.8, 4) is 0 Å². The van der Waals surface area contributed by atoms with Crippen molar-refractivity contribution in [2.45, 2.75) is 45.6 Å². The molecule has 1 aliphatic rings. The van der Waals surface area contributed by atoms with E-state index in [1.807, 2.05) is 0 Å². The predicted octanol–water partition coefficient (Wildman–Crippen LogP) is 1.61.